The first-order chi connectivity index (χ1) is 22.1. The minimum atomic E-state index is -4.07. The van der Waals surface area contributed by atoms with Crippen molar-refractivity contribution in [3.05, 3.63) is 92.4 Å². The summed E-state index contributed by atoms with van der Waals surface area (Å²) < 4.78 is 41.8. The highest BCUT2D eigenvalue weighted by Gasteiger charge is 2.33. The van der Waals surface area contributed by atoms with Crippen LogP contribution in [0.1, 0.15) is 71.3 Å². The number of nitrogens with one attached hydrogen (secondary N) is 2. The van der Waals surface area contributed by atoms with Gasteiger partial charge >= 0.3 is 5.97 Å². The van der Waals surface area contributed by atoms with E-state index in [1.807, 2.05) is 51.1 Å². The van der Waals surface area contributed by atoms with Crippen LogP contribution in [0.25, 0.3) is 0 Å². The van der Waals surface area contributed by atoms with E-state index >= 15 is 0 Å². The van der Waals surface area contributed by atoms with Crippen LogP contribution in [0.3, 0.4) is 0 Å². The highest BCUT2D eigenvalue weighted by molar-refractivity contribution is 7.90. The van der Waals surface area contributed by atoms with Crippen LogP contribution in [0, 0.1) is 20.8 Å². The zero-order valence-electron chi connectivity index (χ0n) is 27.7. The second kappa shape index (κ2) is 14.4. The minimum absolute atomic E-state index is 0.0526. The molecule has 0 unspecified atom stereocenters. The Labute approximate surface area is 275 Å². The van der Waals surface area contributed by atoms with Crippen molar-refractivity contribution in [3.8, 4) is 5.75 Å². The standard InChI is InChI=1S/C34H43N5O7S/c1-21-22(2)29(23(3)25-16-17-34(4,5)46-28(21)25)47(43,44)38-33(35)36-18-10-15-27(32(42)45-6)37-30(40)26-14-11-19-39(31(26)41)20-24-12-8-7-9-13-24/h7-9,11-14,19,27H,10,15-18,20H2,1-6H3,(H,37,40)(H3,35,36,38)/t27-/m1/s1. The lowest BCUT2D eigenvalue weighted by Gasteiger charge is -2.35. The number of methoxy groups -OCH3 is 1. The predicted molar refractivity (Wildman–Crippen MR) is 179 cm³/mol. The molecule has 4 N–H and O–H groups in total. The number of aromatic nitrogens is 1. The first-order valence-electron chi connectivity index (χ1n) is 15.4. The van der Waals surface area contributed by atoms with Gasteiger partial charge in [0.2, 0.25) is 5.96 Å². The summed E-state index contributed by atoms with van der Waals surface area (Å²) >= 11 is 0. The van der Waals surface area contributed by atoms with E-state index in [0.29, 0.717) is 17.5 Å². The molecule has 3 aromatic rings. The predicted octanol–water partition coefficient (Wildman–Crippen LogP) is 3.27. The summed E-state index contributed by atoms with van der Waals surface area (Å²) in [5, 5.41) is 2.58. The van der Waals surface area contributed by atoms with Crippen LogP contribution >= 0.6 is 0 Å². The maximum absolute atomic E-state index is 13.5. The van der Waals surface area contributed by atoms with E-state index in [9.17, 15) is 22.8 Å². The van der Waals surface area contributed by atoms with E-state index in [1.54, 1.807) is 26.1 Å². The molecule has 1 amide bonds. The fraction of sp³-hybridized carbons (Fsp3) is 0.412. The summed E-state index contributed by atoms with van der Waals surface area (Å²) in [5.41, 5.74) is 8.73. The quantitative estimate of drug-likeness (QED) is 0.121. The monoisotopic (exact) mass is 665 g/mol. The average Bonchev–Trinajstić information content (AvgIpc) is 3.01. The first kappa shape index (κ1) is 35.2. The van der Waals surface area contributed by atoms with E-state index in [-0.39, 0.29) is 48.0 Å². The number of nitrogens with two attached hydrogens (primary N) is 1. The van der Waals surface area contributed by atoms with Gasteiger partial charge in [0, 0.05) is 12.7 Å². The summed E-state index contributed by atoms with van der Waals surface area (Å²) in [4.78, 5) is 42.9. The Bertz CT molecular complexity index is 1850. The molecule has 0 saturated carbocycles. The molecule has 0 fully saturated rings. The Kier molecular flexibility index (Phi) is 10.8. The van der Waals surface area contributed by atoms with Gasteiger partial charge in [0.15, 0.2) is 0 Å². The van der Waals surface area contributed by atoms with Gasteiger partial charge in [-0.25, -0.2) is 17.9 Å². The number of carbonyl (C=O) groups is 2. The minimum Gasteiger partial charge on any atom is -0.487 e. The lowest BCUT2D eigenvalue weighted by atomic mass is 9.88. The van der Waals surface area contributed by atoms with Gasteiger partial charge in [-0.2, -0.15) is 0 Å². The van der Waals surface area contributed by atoms with Crippen molar-refractivity contribution >= 4 is 27.9 Å². The normalized spacial score (nSPS) is 14.8. The molecule has 1 aliphatic heterocycles. The van der Waals surface area contributed by atoms with Crippen molar-refractivity contribution in [1.29, 1.82) is 0 Å². The molecular formula is C34H43N5O7S. The van der Waals surface area contributed by atoms with Crippen molar-refractivity contribution in [2.24, 2.45) is 10.7 Å². The van der Waals surface area contributed by atoms with Gasteiger partial charge in [0.1, 0.15) is 23.0 Å². The number of esters is 1. The van der Waals surface area contributed by atoms with Crippen LogP contribution in [0.4, 0.5) is 0 Å². The number of guanidine groups is 1. The molecule has 252 valence electrons. The maximum atomic E-state index is 13.5. The van der Waals surface area contributed by atoms with Crippen LogP contribution in [-0.2, 0) is 32.5 Å². The van der Waals surface area contributed by atoms with Gasteiger partial charge in [-0.05, 0) is 100 Å². The number of hydrogen-bond donors (Lipinski definition) is 3. The Balaban J connectivity index is 1.41. The van der Waals surface area contributed by atoms with Crippen molar-refractivity contribution in [3.63, 3.8) is 0 Å². The molecule has 47 heavy (non-hydrogen) atoms. The molecule has 13 heteroatoms. The highest BCUT2D eigenvalue weighted by Crippen LogP contribution is 2.42. The van der Waals surface area contributed by atoms with Crippen LogP contribution < -0.4 is 26.1 Å². The van der Waals surface area contributed by atoms with Crippen molar-refractivity contribution in [2.45, 2.75) is 83.4 Å². The van der Waals surface area contributed by atoms with Gasteiger partial charge in [-0.3, -0.25) is 14.6 Å². The molecule has 0 bridgehead atoms. The number of carbonyl (C=O) groups excluding carboxylic acids is 2. The van der Waals surface area contributed by atoms with Gasteiger partial charge in [-0.15, -0.1) is 0 Å². The fourth-order valence-electron chi connectivity index (χ4n) is 5.71. The second-order valence-electron chi connectivity index (χ2n) is 12.3. The molecule has 0 spiro atoms. The number of hydrogen-bond acceptors (Lipinski definition) is 8. The second-order valence-corrected chi connectivity index (χ2v) is 13.9. The number of rotatable bonds is 11. The van der Waals surface area contributed by atoms with Gasteiger partial charge in [0.05, 0.1) is 18.6 Å². The van der Waals surface area contributed by atoms with Crippen LogP contribution in [-0.4, -0.2) is 56.1 Å². The molecule has 0 radical (unpaired) electrons. The Hall–Kier alpha value is -4.65. The van der Waals surface area contributed by atoms with E-state index < -0.39 is 33.5 Å². The third-order valence-corrected chi connectivity index (χ3v) is 9.99. The lowest BCUT2D eigenvalue weighted by molar-refractivity contribution is -0.143. The summed E-state index contributed by atoms with van der Waals surface area (Å²) in [6, 6.07) is 11.3. The van der Waals surface area contributed by atoms with E-state index in [2.05, 4.69) is 15.0 Å². The van der Waals surface area contributed by atoms with Gasteiger partial charge in [0.25, 0.3) is 21.5 Å². The Morgan fingerprint density at radius 2 is 1.79 bits per heavy atom. The number of benzene rings is 2. The van der Waals surface area contributed by atoms with Crippen molar-refractivity contribution < 1.29 is 27.5 Å². The third kappa shape index (κ3) is 8.20. The number of aliphatic imine (C=N–C) groups is 1. The van der Waals surface area contributed by atoms with Crippen LogP contribution in [0.5, 0.6) is 5.75 Å². The molecule has 1 aromatic heterocycles. The van der Waals surface area contributed by atoms with E-state index in [4.69, 9.17) is 15.2 Å². The summed E-state index contributed by atoms with van der Waals surface area (Å²) in [7, 11) is -2.88. The first-order valence-corrected chi connectivity index (χ1v) is 16.9. The van der Waals surface area contributed by atoms with Crippen molar-refractivity contribution in [1.82, 2.24) is 14.6 Å². The number of fused-ring (bicyclic) bond motifs is 1. The van der Waals surface area contributed by atoms with Crippen LogP contribution in [0.15, 0.2) is 63.3 Å². The Morgan fingerprint density at radius 3 is 2.47 bits per heavy atom. The van der Waals surface area contributed by atoms with Crippen molar-refractivity contribution in [2.75, 3.05) is 13.7 Å². The molecule has 1 aliphatic rings. The smallest absolute Gasteiger partial charge is 0.328 e. The molecule has 1 atom stereocenters. The van der Waals surface area contributed by atoms with Gasteiger partial charge in [-0.1, -0.05) is 30.3 Å². The number of sulfonamides is 1. The largest absolute Gasteiger partial charge is 0.487 e. The van der Waals surface area contributed by atoms with E-state index in [1.165, 1.54) is 17.7 Å². The number of ether oxygens (including phenoxy) is 2. The SMILES string of the molecule is COC(=O)[C@@H](CCCN=C(N)NS(=O)(=O)c1c(C)c(C)c2c(c1C)CCC(C)(C)O2)NC(=O)c1cccn(Cc2ccccc2)c1=O. The number of nitrogens with zero attached hydrogens (tertiary/aromatic N) is 2. The summed E-state index contributed by atoms with van der Waals surface area (Å²) in [6.45, 7) is 9.71. The average molecular weight is 666 g/mol. The molecule has 2 aromatic carbocycles. The molecule has 0 saturated heterocycles. The molecule has 0 aliphatic carbocycles. The fourth-order valence-corrected chi connectivity index (χ4v) is 7.23. The van der Waals surface area contributed by atoms with E-state index in [0.717, 1.165) is 28.9 Å². The van der Waals surface area contributed by atoms with Gasteiger partial charge < -0.3 is 25.1 Å². The lowest BCUT2D eigenvalue weighted by Crippen LogP contribution is -2.44. The third-order valence-electron chi connectivity index (χ3n) is 8.36. The number of amides is 1. The molecule has 4 rings (SSSR count). The molecular weight excluding hydrogens is 622 g/mol. The maximum Gasteiger partial charge on any atom is 0.328 e. The summed E-state index contributed by atoms with van der Waals surface area (Å²) in [5.74, 6) is -0.992. The highest BCUT2D eigenvalue weighted by atomic mass is 32.2. The molecule has 12 nitrogen and oxygen atoms in total. The zero-order chi connectivity index (χ0) is 34.5. The Morgan fingerprint density at radius 1 is 1.09 bits per heavy atom. The topological polar surface area (TPSA) is 171 Å². The molecule has 2 heterocycles. The zero-order valence-corrected chi connectivity index (χ0v) is 28.5. The summed E-state index contributed by atoms with van der Waals surface area (Å²) in [6.07, 6.45) is 3.38. The number of pyridine rings is 1. The van der Waals surface area contributed by atoms with Crippen LogP contribution in [0.2, 0.25) is 0 Å².